The lowest BCUT2D eigenvalue weighted by Crippen LogP contribution is -2.66. The Bertz CT molecular complexity index is 1470. The number of hydrogen-bond acceptors (Lipinski definition) is 7. The molecule has 0 aliphatic heterocycles. The zero-order valence-corrected chi connectivity index (χ0v) is 35.8. The van der Waals surface area contributed by atoms with Gasteiger partial charge < -0.3 is 19.3 Å². The van der Waals surface area contributed by atoms with Gasteiger partial charge in [0.1, 0.15) is 6.10 Å². The van der Waals surface area contributed by atoms with E-state index >= 15 is 0 Å². The van der Waals surface area contributed by atoms with E-state index < -0.39 is 11.4 Å². The van der Waals surface area contributed by atoms with Gasteiger partial charge in [-0.25, -0.2) is 0 Å². The maximum Gasteiger partial charge on any atom is 0.309 e. The Morgan fingerprint density at radius 2 is 1.39 bits per heavy atom. The lowest BCUT2D eigenvalue weighted by atomic mass is 9.32. The first-order valence-electron chi connectivity index (χ1n) is 21.2. The van der Waals surface area contributed by atoms with E-state index in [0.29, 0.717) is 36.0 Å². The number of aliphatic carboxylic acids is 1. The summed E-state index contributed by atoms with van der Waals surface area (Å²) < 4.78 is 17.0. The Kier molecular flexibility index (Phi) is 11.8. The molecule has 5 saturated carbocycles. The van der Waals surface area contributed by atoms with Gasteiger partial charge in [0.2, 0.25) is 6.79 Å². The first-order valence-corrected chi connectivity index (χ1v) is 21.2. The third-order valence-electron chi connectivity index (χ3n) is 16.6. The summed E-state index contributed by atoms with van der Waals surface area (Å²) in [4.78, 5) is 49.9. The number of carbonyl (C=O) groups is 4. The Labute approximate surface area is 326 Å². The van der Waals surface area contributed by atoms with Crippen LogP contribution in [0.15, 0.2) is 12.2 Å². The van der Waals surface area contributed by atoms with Crippen LogP contribution in [0, 0.1) is 67.5 Å². The van der Waals surface area contributed by atoms with Crippen molar-refractivity contribution >= 4 is 23.9 Å². The molecule has 1 N–H and O–H groups in total. The quantitative estimate of drug-likeness (QED) is 0.119. The van der Waals surface area contributed by atoms with Crippen molar-refractivity contribution in [3.8, 4) is 0 Å². The van der Waals surface area contributed by atoms with Crippen LogP contribution >= 0.6 is 0 Å². The van der Waals surface area contributed by atoms with Gasteiger partial charge in [0.25, 0.3) is 0 Å². The summed E-state index contributed by atoms with van der Waals surface area (Å²) >= 11 is 0. The highest BCUT2D eigenvalue weighted by Gasteiger charge is 2.71. The Morgan fingerprint density at radius 1 is 0.722 bits per heavy atom. The zero-order valence-electron chi connectivity index (χ0n) is 35.8. The SMILES string of the molecule is C=C(C)[C@@H]1CC[C@]2(CCC(=O)OCOC(=O)CC(C)(C)C)CC[C@]3(C)[C@H](CCC4[C@@]5(C)CCC(OC(=O)CC(C)(C)CC(=O)O)C(C)(C)C5CC[C@]43C)C12. The molecule has 4 unspecified atom stereocenters. The van der Waals surface area contributed by atoms with Gasteiger partial charge in [-0.05, 0) is 140 Å². The fourth-order valence-electron chi connectivity index (χ4n) is 14.0. The molecular weight excluding hydrogens is 680 g/mol. The second-order valence-electron chi connectivity index (χ2n) is 22.2. The highest BCUT2D eigenvalue weighted by molar-refractivity contribution is 5.73. The first kappa shape index (κ1) is 42.8. The predicted molar refractivity (Wildman–Crippen MR) is 210 cm³/mol. The van der Waals surface area contributed by atoms with E-state index in [1.165, 1.54) is 31.3 Å². The first-order chi connectivity index (χ1) is 24.8. The number of carboxylic acids is 1. The van der Waals surface area contributed by atoms with E-state index in [4.69, 9.17) is 14.2 Å². The molecule has 5 fully saturated rings. The second-order valence-corrected chi connectivity index (χ2v) is 22.2. The van der Waals surface area contributed by atoms with Crippen molar-refractivity contribution in [2.24, 2.45) is 67.5 Å². The van der Waals surface area contributed by atoms with Crippen LogP contribution in [0.1, 0.15) is 172 Å². The third-order valence-corrected chi connectivity index (χ3v) is 16.6. The van der Waals surface area contributed by atoms with Gasteiger partial charge in [-0.3, -0.25) is 19.2 Å². The minimum Gasteiger partial charge on any atom is -0.481 e. The van der Waals surface area contributed by atoms with Crippen molar-refractivity contribution in [2.45, 2.75) is 179 Å². The van der Waals surface area contributed by atoms with Gasteiger partial charge in [0.15, 0.2) is 0 Å². The molecule has 5 aliphatic rings. The molecule has 0 amide bonds. The lowest BCUT2D eigenvalue weighted by Gasteiger charge is -2.73. The van der Waals surface area contributed by atoms with E-state index in [1.807, 2.05) is 34.6 Å². The number of ether oxygens (including phenoxy) is 3. The number of esters is 3. The molecule has 8 heteroatoms. The van der Waals surface area contributed by atoms with Crippen LogP contribution in [-0.4, -0.2) is 41.9 Å². The Balaban J connectivity index is 1.30. The molecular formula is C46H74O8. The van der Waals surface area contributed by atoms with Gasteiger partial charge in [-0.1, -0.05) is 81.4 Å². The maximum absolute atomic E-state index is 13.2. The average molecular weight is 755 g/mol. The van der Waals surface area contributed by atoms with Crippen LogP contribution < -0.4 is 0 Å². The van der Waals surface area contributed by atoms with E-state index in [1.54, 1.807) is 0 Å². The summed E-state index contributed by atoms with van der Waals surface area (Å²) in [5, 5.41) is 9.35. The zero-order chi connectivity index (χ0) is 40.3. The fourth-order valence-corrected chi connectivity index (χ4v) is 14.0. The minimum absolute atomic E-state index is 0.0604. The van der Waals surface area contributed by atoms with Crippen molar-refractivity contribution in [2.75, 3.05) is 6.79 Å². The summed E-state index contributed by atoms with van der Waals surface area (Å²) in [6, 6.07) is 0. The molecule has 5 rings (SSSR count). The molecule has 8 nitrogen and oxygen atoms in total. The molecule has 0 aromatic rings. The summed E-state index contributed by atoms with van der Waals surface area (Å²) in [6.07, 6.45) is 12.4. The van der Waals surface area contributed by atoms with E-state index in [9.17, 15) is 24.3 Å². The standard InChI is InChI=1S/C46H74O8/c1-29(2)30-15-21-46(22-18-36(49)52-28-53-37(50)26-40(3,4)5)24-23-44(11)31(39(30)46)13-14-33-43(10)19-17-34(42(8,9)32(43)16-20-45(33,44)12)54-38(51)27-41(6,7)25-35(47)48/h30-34,39H,1,13-28H2,2-12H3,(H,47,48)/t30-,31+,32?,33?,34?,39?,43-,44+,45+,46-/m0/s1. The van der Waals surface area contributed by atoms with Gasteiger partial charge >= 0.3 is 23.9 Å². The molecule has 0 heterocycles. The molecule has 306 valence electrons. The number of carboxylic acid groups (broad SMARTS) is 1. The minimum atomic E-state index is -0.894. The number of rotatable bonds is 12. The number of fused-ring (bicyclic) bond motifs is 7. The van der Waals surface area contributed by atoms with Crippen LogP contribution in [0.2, 0.25) is 0 Å². The third kappa shape index (κ3) is 7.93. The van der Waals surface area contributed by atoms with Crippen molar-refractivity contribution in [3.63, 3.8) is 0 Å². The van der Waals surface area contributed by atoms with Crippen LogP contribution in [0.4, 0.5) is 0 Å². The highest BCUT2D eigenvalue weighted by atomic mass is 16.7. The summed E-state index contributed by atoms with van der Waals surface area (Å²) in [6.45, 7) is 28.5. The smallest absolute Gasteiger partial charge is 0.309 e. The van der Waals surface area contributed by atoms with Crippen LogP contribution in [-0.2, 0) is 33.4 Å². The van der Waals surface area contributed by atoms with Crippen LogP contribution in [0.3, 0.4) is 0 Å². The lowest BCUT2D eigenvalue weighted by molar-refractivity contribution is -0.250. The molecule has 54 heavy (non-hydrogen) atoms. The number of carbonyl (C=O) groups excluding carboxylic acids is 3. The van der Waals surface area contributed by atoms with E-state index in [-0.39, 0.29) is 82.6 Å². The summed E-state index contributed by atoms with van der Waals surface area (Å²) in [5.74, 6) is 0.711. The second kappa shape index (κ2) is 14.8. The number of hydrogen-bond donors (Lipinski definition) is 1. The van der Waals surface area contributed by atoms with Crippen LogP contribution in [0.5, 0.6) is 0 Å². The molecule has 0 aromatic carbocycles. The summed E-state index contributed by atoms with van der Waals surface area (Å²) in [7, 11) is 0. The van der Waals surface area contributed by atoms with Crippen molar-refractivity contribution in [1.29, 1.82) is 0 Å². The summed E-state index contributed by atoms with van der Waals surface area (Å²) in [5.41, 5.74) is 0.823. The van der Waals surface area contributed by atoms with Crippen molar-refractivity contribution < 1.29 is 38.5 Å². The van der Waals surface area contributed by atoms with Crippen molar-refractivity contribution in [3.05, 3.63) is 12.2 Å². The topological polar surface area (TPSA) is 116 Å². The molecule has 0 saturated heterocycles. The molecule has 0 bridgehead atoms. The Hall–Kier alpha value is -2.38. The monoisotopic (exact) mass is 755 g/mol. The normalized spacial score (nSPS) is 38.5. The maximum atomic E-state index is 13.2. The van der Waals surface area contributed by atoms with Gasteiger partial charge in [0.05, 0.1) is 19.3 Å². The van der Waals surface area contributed by atoms with E-state index in [0.717, 1.165) is 44.9 Å². The van der Waals surface area contributed by atoms with Crippen molar-refractivity contribution in [1.82, 2.24) is 0 Å². The van der Waals surface area contributed by atoms with Gasteiger partial charge in [-0.2, -0.15) is 0 Å². The molecule has 10 atom stereocenters. The van der Waals surface area contributed by atoms with Gasteiger partial charge in [0, 0.05) is 11.8 Å². The predicted octanol–water partition coefficient (Wildman–Crippen LogP) is 10.7. The number of allylic oxidation sites excluding steroid dienone is 1. The molecule has 0 radical (unpaired) electrons. The van der Waals surface area contributed by atoms with Gasteiger partial charge in [-0.15, -0.1) is 0 Å². The highest BCUT2D eigenvalue weighted by Crippen LogP contribution is 2.78. The molecule has 0 aromatic heterocycles. The average Bonchev–Trinajstić information content (AvgIpc) is 3.40. The molecule has 0 spiro atoms. The molecule has 5 aliphatic carbocycles. The van der Waals surface area contributed by atoms with E-state index in [2.05, 4.69) is 48.1 Å². The largest absolute Gasteiger partial charge is 0.481 e. The fraction of sp³-hybridized carbons (Fsp3) is 0.870. The van der Waals surface area contributed by atoms with Crippen LogP contribution in [0.25, 0.3) is 0 Å². The Morgan fingerprint density at radius 3 is 2.02 bits per heavy atom.